The van der Waals surface area contributed by atoms with E-state index in [0.717, 1.165) is 36.8 Å². The Labute approximate surface area is 197 Å². The summed E-state index contributed by atoms with van der Waals surface area (Å²) in [6.07, 6.45) is 7.22. The number of amides is 1. The van der Waals surface area contributed by atoms with E-state index in [0.29, 0.717) is 26.3 Å². The summed E-state index contributed by atoms with van der Waals surface area (Å²) in [5.41, 5.74) is 2.91. The topological polar surface area (TPSA) is 46.1 Å². The van der Waals surface area contributed by atoms with Crippen molar-refractivity contribution >= 4 is 40.7 Å². The van der Waals surface area contributed by atoms with Crippen molar-refractivity contribution in [2.45, 2.75) is 38.1 Å². The molecule has 31 heavy (non-hydrogen) atoms. The fourth-order valence-corrected chi connectivity index (χ4v) is 4.63. The van der Waals surface area contributed by atoms with E-state index in [4.69, 9.17) is 34.8 Å². The summed E-state index contributed by atoms with van der Waals surface area (Å²) in [6, 6.07) is 12.9. The van der Waals surface area contributed by atoms with Gasteiger partial charge in [0.15, 0.2) is 0 Å². The number of carbonyl (C=O) groups is 1. The number of carbonyl (C=O) groups excluding carboxylic acids is 1. The third-order valence-corrected chi connectivity index (χ3v) is 6.56. The third-order valence-electron chi connectivity index (χ3n) is 5.76. The average Bonchev–Trinajstić information content (AvgIpc) is 2.79. The molecule has 1 amide bonds. The van der Waals surface area contributed by atoms with Crippen molar-refractivity contribution in [3.63, 3.8) is 0 Å². The van der Waals surface area contributed by atoms with Gasteiger partial charge in [-0.3, -0.25) is 4.79 Å². The highest BCUT2D eigenvalue weighted by molar-refractivity contribution is 6.36. The molecule has 0 unspecified atom stereocenters. The SMILES string of the molecule is CN(C(=O)c1ncc(-c2ccc(Cl)cc2)c(-c2ccc(Cl)cc2Cl)n1)C1CCCCC1. The Kier molecular flexibility index (Phi) is 6.80. The minimum absolute atomic E-state index is 0.159. The molecule has 3 aromatic rings. The van der Waals surface area contributed by atoms with Gasteiger partial charge in [0.2, 0.25) is 5.82 Å². The zero-order chi connectivity index (χ0) is 22.0. The molecule has 1 aliphatic carbocycles. The second kappa shape index (κ2) is 9.56. The highest BCUT2D eigenvalue weighted by Crippen LogP contribution is 2.36. The molecule has 0 spiro atoms. The molecular formula is C24H22Cl3N3O. The second-order valence-corrected chi connectivity index (χ2v) is 9.07. The van der Waals surface area contributed by atoms with E-state index < -0.39 is 0 Å². The van der Waals surface area contributed by atoms with Crippen LogP contribution in [0.2, 0.25) is 15.1 Å². The molecule has 1 heterocycles. The summed E-state index contributed by atoms with van der Waals surface area (Å²) in [7, 11) is 1.84. The number of hydrogen-bond donors (Lipinski definition) is 0. The smallest absolute Gasteiger partial charge is 0.291 e. The van der Waals surface area contributed by atoms with Crippen LogP contribution in [0.1, 0.15) is 42.7 Å². The molecule has 0 aliphatic heterocycles. The van der Waals surface area contributed by atoms with Crippen LogP contribution in [0.3, 0.4) is 0 Å². The molecule has 0 radical (unpaired) electrons. The van der Waals surface area contributed by atoms with E-state index in [9.17, 15) is 4.79 Å². The van der Waals surface area contributed by atoms with Gasteiger partial charge in [0.05, 0.1) is 10.7 Å². The Morgan fingerprint density at radius 1 is 0.935 bits per heavy atom. The Hall–Kier alpha value is -2.14. The van der Waals surface area contributed by atoms with Crippen molar-refractivity contribution in [3.05, 3.63) is 69.6 Å². The molecule has 1 fully saturated rings. The number of halogens is 3. The number of aromatic nitrogens is 2. The highest BCUT2D eigenvalue weighted by atomic mass is 35.5. The maximum Gasteiger partial charge on any atom is 0.291 e. The van der Waals surface area contributed by atoms with Crippen LogP contribution < -0.4 is 0 Å². The lowest BCUT2D eigenvalue weighted by Crippen LogP contribution is -2.39. The molecule has 160 valence electrons. The predicted molar refractivity (Wildman–Crippen MR) is 127 cm³/mol. The first-order valence-electron chi connectivity index (χ1n) is 10.3. The molecule has 0 bridgehead atoms. The van der Waals surface area contributed by atoms with Crippen LogP contribution in [-0.4, -0.2) is 33.9 Å². The first-order valence-corrected chi connectivity index (χ1v) is 11.4. The van der Waals surface area contributed by atoms with Crippen LogP contribution in [0, 0.1) is 0 Å². The van der Waals surface area contributed by atoms with Gasteiger partial charge >= 0.3 is 0 Å². The Morgan fingerprint density at radius 2 is 1.61 bits per heavy atom. The van der Waals surface area contributed by atoms with Crippen molar-refractivity contribution in [3.8, 4) is 22.4 Å². The van der Waals surface area contributed by atoms with Crippen LogP contribution in [0.5, 0.6) is 0 Å². The number of nitrogens with zero attached hydrogens (tertiary/aromatic N) is 3. The number of hydrogen-bond acceptors (Lipinski definition) is 3. The van der Waals surface area contributed by atoms with Gasteiger partial charge in [-0.05, 0) is 48.7 Å². The summed E-state index contributed by atoms with van der Waals surface area (Å²) in [4.78, 5) is 24.1. The van der Waals surface area contributed by atoms with Gasteiger partial charge in [0.1, 0.15) is 0 Å². The summed E-state index contributed by atoms with van der Waals surface area (Å²) >= 11 is 18.7. The molecule has 1 aliphatic rings. The lowest BCUT2D eigenvalue weighted by molar-refractivity contribution is 0.0684. The molecule has 7 heteroatoms. The van der Waals surface area contributed by atoms with Gasteiger partial charge in [0.25, 0.3) is 5.91 Å². The molecular weight excluding hydrogens is 453 g/mol. The van der Waals surface area contributed by atoms with Crippen LogP contribution in [-0.2, 0) is 0 Å². The molecule has 2 aromatic carbocycles. The molecule has 1 aromatic heterocycles. The van der Waals surface area contributed by atoms with Gasteiger partial charge < -0.3 is 4.90 Å². The van der Waals surface area contributed by atoms with Crippen LogP contribution in [0.15, 0.2) is 48.7 Å². The summed E-state index contributed by atoms with van der Waals surface area (Å²) < 4.78 is 0. The average molecular weight is 475 g/mol. The lowest BCUT2D eigenvalue weighted by Gasteiger charge is -2.30. The zero-order valence-electron chi connectivity index (χ0n) is 17.1. The van der Waals surface area contributed by atoms with Crippen molar-refractivity contribution in [1.82, 2.24) is 14.9 Å². The van der Waals surface area contributed by atoms with Crippen LogP contribution >= 0.6 is 34.8 Å². The molecule has 4 nitrogen and oxygen atoms in total. The standard InChI is InChI=1S/C24H22Cl3N3O/c1-30(18-5-3-2-4-6-18)24(31)23-28-14-20(15-7-9-16(25)10-8-15)22(29-23)19-12-11-17(26)13-21(19)27/h7-14,18H,2-6H2,1H3. The Balaban J connectivity index is 1.78. The molecule has 1 saturated carbocycles. The van der Waals surface area contributed by atoms with Crippen molar-refractivity contribution in [1.29, 1.82) is 0 Å². The zero-order valence-corrected chi connectivity index (χ0v) is 19.4. The van der Waals surface area contributed by atoms with E-state index in [1.54, 1.807) is 35.4 Å². The van der Waals surface area contributed by atoms with Gasteiger partial charge in [0, 0.05) is 40.5 Å². The summed E-state index contributed by atoms with van der Waals surface area (Å²) in [5, 5.41) is 1.63. The van der Waals surface area contributed by atoms with Gasteiger partial charge in [-0.15, -0.1) is 0 Å². The van der Waals surface area contributed by atoms with Crippen molar-refractivity contribution in [2.75, 3.05) is 7.05 Å². The fourth-order valence-electron chi connectivity index (χ4n) is 4.00. The largest absolute Gasteiger partial charge is 0.336 e. The van der Waals surface area contributed by atoms with E-state index in [2.05, 4.69) is 9.97 Å². The Morgan fingerprint density at radius 3 is 2.29 bits per heavy atom. The van der Waals surface area contributed by atoms with Crippen LogP contribution in [0.25, 0.3) is 22.4 Å². The van der Waals surface area contributed by atoms with E-state index in [1.807, 2.05) is 25.2 Å². The third kappa shape index (κ3) is 4.87. The van der Waals surface area contributed by atoms with Gasteiger partial charge in [-0.25, -0.2) is 9.97 Å². The second-order valence-electron chi connectivity index (χ2n) is 7.79. The van der Waals surface area contributed by atoms with E-state index in [-0.39, 0.29) is 17.8 Å². The van der Waals surface area contributed by atoms with Gasteiger partial charge in [-0.2, -0.15) is 0 Å². The van der Waals surface area contributed by atoms with Crippen molar-refractivity contribution < 1.29 is 4.79 Å². The summed E-state index contributed by atoms with van der Waals surface area (Å²) in [5.74, 6) is -0.0207. The van der Waals surface area contributed by atoms with Gasteiger partial charge in [-0.1, -0.05) is 66.2 Å². The minimum atomic E-state index is -0.180. The van der Waals surface area contributed by atoms with E-state index >= 15 is 0 Å². The minimum Gasteiger partial charge on any atom is -0.336 e. The normalized spacial score (nSPS) is 14.5. The lowest BCUT2D eigenvalue weighted by atomic mass is 9.94. The molecule has 0 saturated heterocycles. The maximum absolute atomic E-state index is 13.2. The Bertz CT molecular complexity index is 1100. The first kappa shape index (κ1) is 22.1. The fraction of sp³-hybridized carbons (Fsp3) is 0.292. The highest BCUT2D eigenvalue weighted by Gasteiger charge is 2.26. The number of benzene rings is 2. The van der Waals surface area contributed by atoms with Crippen molar-refractivity contribution in [2.24, 2.45) is 0 Å². The molecule has 0 atom stereocenters. The maximum atomic E-state index is 13.2. The van der Waals surface area contributed by atoms with E-state index in [1.165, 1.54) is 6.42 Å². The van der Waals surface area contributed by atoms with Crippen LogP contribution in [0.4, 0.5) is 0 Å². The molecule has 0 N–H and O–H groups in total. The quantitative estimate of drug-likeness (QED) is 0.402. The molecule has 4 rings (SSSR count). The predicted octanol–water partition coefficient (Wildman–Crippen LogP) is 7.18. The number of rotatable bonds is 4. The summed E-state index contributed by atoms with van der Waals surface area (Å²) in [6.45, 7) is 0. The monoisotopic (exact) mass is 473 g/mol. The first-order chi connectivity index (χ1) is 14.9.